The van der Waals surface area contributed by atoms with Gasteiger partial charge < -0.3 is 15.0 Å². The van der Waals surface area contributed by atoms with Crippen molar-refractivity contribution in [3.05, 3.63) is 36.4 Å². The molecule has 0 saturated heterocycles. The largest absolute Gasteiger partial charge is 0.441 e. The maximum absolute atomic E-state index is 11.4. The molecule has 0 saturated carbocycles. The predicted molar refractivity (Wildman–Crippen MR) is 79.7 cm³/mol. The molecule has 0 spiro atoms. The molecule has 0 atom stereocenters. The number of nitrogens with one attached hydrogen (secondary N) is 1. The second-order valence-corrected chi connectivity index (χ2v) is 4.81. The summed E-state index contributed by atoms with van der Waals surface area (Å²) >= 11 is 0. The SMILES string of the molecule is CN(C)C(=O)OCC1=Nc2cccc3cccc(c23)N1. The molecule has 0 radical (unpaired) electrons. The van der Waals surface area contributed by atoms with Crippen molar-refractivity contribution in [1.29, 1.82) is 0 Å². The lowest BCUT2D eigenvalue weighted by molar-refractivity contribution is 0.133. The van der Waals surface area contributed by atoms with Crippen molar-refractivity contribution in [3.63, 3.8) is 0 Å². The van der Waals surface area contributed by atoms with Crippen molar-refractivity contribution in [2.75, 3.05) is 26.0 Å². The lowest BCUT2D eigenvalue weighted by Gasteiger charge is -2.19. The van der Waals surface area contributed by atoms with E-state index in [1.807, 2.05) is 24.3 Å². The molecular formula is C15H15N3O2. The molecule has 0 aromatic heterocycles. The van der Waals surface area contributed by atoms with Crippen molar-refractivity contribution in [2.24, 2.45) is 4.99 Å². The average molecular weight is 269 g/mol. The highest BCUT2D eigenvalue weighted by Gasteiger charge is 2.15. The van der Waals surface area contributed by atoms with E-state index in [1.165, 1.54) is 4.90 Å². The monoisotopic (exact) mass is 269 g/mol. The number of anilines is 1. The molecule has 3 rings (SSSR count). The molecule has 5 heteroatoms. The highest BCUT2D eigenvalue weighted by molar-refractivity contribution is 6.14. The van der Waals surface area contributed by atoms with Gasteiger partial charge in [0.15, 0.2) is 6.61 Å². The molecule has 2 aromatic rings. The van der Waals surface area contributed by atoms with Gasteiger partial charge in [-0.2, -0.15) is 0 Å². The minimum atomic E-state index is -0.383. The number of ether oxygens (including phenoxy) is 1. The fourth-order valence-corrected chi connectivity index (χ4v) is 2.17. The number of carbonyl (C=O) groups excluding carboxylic acids is 1. The highest BCUT2D eigenvalue weighted by Crippen LogP contribution is 2.35. The molecule has 5 nitrogen and oxygen atoms in total. The molecule has 2 aromatic carbocycles. The third-order valence-electron chi connectivity index (χ3n) is 3.11. The maximum Gasteiger partial charge on any atom is 0.409 e. The van der Waals surface area contributed by atoms with E-state index in [0.29, 0.717) is 5.84 Å². The molecule has 1 N–H and O–H groups in total. The van der Waals surface area contributed by atoms with Crippen molar-refractivity contribution in [3.8, 4) is 0 Å². The minimum absolute atomic E-state index is 0.127. The summed E-state index contributed by atoms with van der Waals surface area (Å²) in [6, 6.07) is 12.0. The van der Waals surface area contributed by atoms with Crippen molar-refractivity contribution < 1.29 is 9.53 Å². The van der Waals surface area contributed by atoms with Gasteiger partial charge in [0.2, 0.25) is 0 Å². The van der Waals surface area contributed by atoms with Crippen LogP contribution in [0.1, 0.15) is 0 Å². The zero-order chi connectivity index (χ0) is 14.1. The number of aliphatic imine (C=N–C) groups is 1. The summed E-state index contributed by atoms with van der Waals surface area (Å²) in [4.78, 5) is 17.3. The summed E-state index contributed by atoms with van der Waals surface area (Å²) in [5.74, 6) is 0.631. The Morgan fingerprint density at radius 3 is 2.75 bits per heavy atom. The quantitative estimate of drug-likeness (QED) is 0.911. The van der Waals surface area contributed by atoms with E-state index in [0.717, 1.165) is 22.1 Å². The van der Waals surface area contributed by atoms with Crippen LogP contribution < -0.4 is 5.32 Å². The van der Waals surface area contributed by atoms with E-state index < -0.39 is 0 Å². The summed E-state index contributed by atoms with van der Waals surface area (Å²) in [5.41, 5.74) is 1.89. The molecule has 0 aliphatic carbocycles. The summed E-state index contributed by atoms with van der Waals surface area (Å²) in [7, 11) is 3.29. The Labute approximate surface area is 116 Å². The van der Waals surface area contributed by atoms with E-state index in [2.05, 4.69) is 22.4 Å². The first-order chi connectivity index (χ1) is 9.65. The number of carbonyl (C=O) groups is 1. The van der Waals surface area contributed by atoms with Crippen LogP contribution in [-0.4, -0.2) is 37.5 Å². The molecule has 0 bridgehead atoms. The maximum atomic E-state index is 11.4. The van der Waals surface area contributed by atoms with Crippen molar-refractivity contribution >= 4 is 34.1 Å². The van der Waals surface area contributed by atoms with Crippen LogP contribution in [0.5, 0.6) is 0 Å². The molecule has 20 heavy (non-hydrogen) atoms. The number of hydrogen-bond donors (Lipinski definition) is 1. The van der Waals surface area contributed by atoms with Gasteiger partial charge in [-0.15, -0.1) is 0 Å². The molecule has 102 valence electrons. The number of rotatable bonds is 2. The van der Waals surface area contributed by atoms with Crippen LogP contribution in [0, 0.1) is 0 Å². The summed E-state index contributed by atoms with van der Waals surface area (Å²) in [6.45, 7) is 0.127. The summed E-state index contributed by atoms with van der Waals surface area (Å²) in [5, 5.41) is 5.44. The van der Waals surface area contributed by atoms with Crippen LogP contribution in [-0.2, 0) is 4.74 Å². The van der Waals surface area contributed by atoms with Gasteiger partial charge in [0, 0.05) is 25.2 Å². The molecule has 1 aliphatic heterocycles. The molecular weight excluding hydrogens is 254 g/mol. The Hall–Kier alpha value is -2.56. The second kappa shape index (κ2) is 4.85. The highest BCUT2D eigenvalue weighted by atomic mass is 16.6. The van der Waals surface area contributed by atoms with E-state index in [1.54, 1.807) is 14.1 Å². The number of hydrogen-bond acceptors (Lipinski definition) is 4. The molecule has 0 unspecified atom stereocenters. The first kappa shape index (κ1) is 12.5. The van der Waals surface area contributed by atoms with E-state index in [9.17, 15) is 4.79 Å². The first-order valence-corrected chi connectivity index (χ1v) is 6.35. The van der Waals surface area contributed by atoms with Gasteiger partial charge in [0.1, 0.15) is 5.84 Å². The Balaban J connectivity index is 1.89. The second-order valence-electron chi connectivity index (χ2n) is 4.81. The fraction of sp³-hybridized carbons (Fsp3) is 0.200. The first-order valence-electron chi connectivity index (χ1n) is 6.35. The third-order valence-corrected chi connectivity index (χ3v) is 3.11. The zero-order valence-corrected chi connectivity index (χ0v) is 11.4. The van der Waals surface area contributed by atoms with Crippen LogP contribution in [0.3, 0.4) is 0 Å². The van der Waals surface area contributed by atoms with Crippen molar-refractivity contribution in [2.45, 2.75) is 0 Å². The number of amidine groups is 1. The summed E-state index contributed by atoms with van der Waals surface area (Å²) < 4.78 is 5.15. The average Bonchev–Trinajstić information content (AvgIpc) is 2.45. The van der Waals surface area contributed by atoms with Gasteiger partial charge in [0.25, 0.3) is 0 Å². The molecule has 1 amide bonds. The zero-order valence-electron chi connectivity index (χ0n) is 11.4. The summed E-state index contributed by atoms with van der Waals surface area (Å²) in [6.07, 6.45) is -0.383. The lowest BCUT2D eigenvalue weighted by atomic mass is 10.1. The normalized spacial score (nSPS) is 12.6. The van der Waals surface area contributed by atoms with Gasteiger partial charge in [-0.25, -0.2) is 9.79 Å². The van der Waals surface area contributed by atoms with Gasteiger partial charge >= 0.3 is 6.09 Å². The standard InChI is InChI=1S/C15H15N3O2/c1-18(2)15(19)20-9-13-16-11-7-3-5-10-6-4-8-12(17-13)14(10)11/h3-8H,9H2,1-2H3,(H,16,17). The lowest BCUT2D eigenvalue weighted by Crippen LogP contribution is -2.28. The smallest absolute Gasteiger partial charge is 0.409 e. The topological polar surface area (TPSA) is 53.9 Å². The third kappa shape index (κ3) is 2.18. The minimum Gasteiger partial charge on any atom is -0.441 e. The molecule has 1 aliphatic rings. The Kier molecular flexibility index (Phi) is 3.02. The number of nitrogens with zero attached hydrogens (tertiary/aromatic N) is 2. The van der Waals surface area contributed by atoms with Gasteiger partial charge in [-0.05, 0) is 17.5 Å². The van der Waals surface area contributed by atoms with Crippen LogP contribution in [0.2, 0.25) is 0 Å². The molecule has 1 heterocycles. The number of benzene rings is 2. The van der Waals surface area contributed by atoms with Crippen molar-refractivity contribution in [1.82, 2.24) is 4.90 Å². The van der Waals surface area contributed by atoms with E-state index in [4.69, 9.17) is 4.74 Å². The van der Waals surface area contributed by atoms with Gasteiger partial charge in [-0.3, -0.25) is 0 Å². The van der Waals surface area contributed by atoms with E-state index in [-0.39, 0.29) is 12.7 Å². The van der Waals surface area contributed by atoms with Crippen LogP contribution in [0.4, 0.5) is 16.2 Å². The Morgan fingerprint density at radius 2 is 2.00 bits per heavy atom. The van der Waals surface area contributed by atoms with Gasteiger partial charge in [-0.1, -0.05) is 24.3 Å². The van der Waals surface area contributed by atoms with Crippen LogP contribution in [0.15, 0.2) is 41.4 Å². The van der Waals surface area contributed by atoms with Crippen LogP contribution in [0.25, 0.3) is 10.8 Å². The van der Waals surface area contributed by atoms with Crippen LogP contribution >= 0.6 is 0 Å². The van der Waals surface area contributed by atoms with Gasteiger partial charge in [0.05, 0.1) is 5.69 Å². The van der Waals surface area contributed by atoms with E-state index >= 15 is 0 Å². The molecule has 0 fully saturated rings. The fourth-order valence-electron chi connectivity index (χ4n) is 2.17. The predicted octanol–water partition coefficient (Wildman–Crippen LogP) is 2.99. The Bertz CT molecular complexity index is 702. The number of amides is 1. The Morgan fingerprint density at radius 1 is 1.25 bits per heavy atom.